The van der Waals surface area contributed by atoms with E-state index in [0.29, 0.717) is 10.3 Å². The molecule has 1 aromatic heterocycles. The van der Waals surface area contributed by atoms with Crippen molar-refractivity contribution in [3.8, 4) is 5.69 Å². The van der Waals surface area contributed by atoms with Gasteiger partial charge in [0.25, 0.3) is 5.91 Å². The number of aryl methyl sites for hydroxylation is 3. The molecule has 0 saturated heterocycles. The Morgan fingerprint density at radius 1 is 0.957 bits per heavy atom. The molecule has 0 N–H and O–H groups in total. The number of imidazole rings is 1. The molecular formula is C19H18N2OS. The molecule has 0 aliphatic rings. The van der Waals surface area contributed by atoms with Gasteiger partial charge in [-0.3, -0.25) is 13.9 Å². The zero-order valence-corrected chi connectivity index (χ0v) is 14.2. The van der Waals surface area contributed by atoms with Crippen molar-refractivity contribution in [2.75, 3.05) is 0 Å². The Morgan fingerprint density at radius 3 is 2.26 bits per heavy atom. The van der Waals surface area contributed by atoms with Crippen LogP contribution in [0.15, 0.2) is 54.7 Å². The van der Waals surface area contributed by atoms with Gasteiger partial charge in [0.15, 0.2) is 4.77 Å². The SMILES string of the molecule is Cc1ccc(C(=O)n2cc(C)n(-c3ccccc3C)c2=S)cc1. The van der Waals surface area contributed by atoms with E-state index in [9.17, 15) is 4.79 Å². The van der Waals surface area contributed by atoms with Crippen LogP contribution in [-0.4, -0.2) is 15.0 Å². The summed E-state index contributed by atoms with van der Waals surface area (Å²) >= 11 is 5.56. The fourth-order valence-corrected chi connectivity index (χ4v) is 3.02. The molecule has 3 nitrogen and oxygen atoms in total. The van der Waals surface area contributed by atoms with Crippen LogP contribution < -0.4 is 0 Å². The third-order valence-corrected chi connectivity index (χ3v) is 4.32. The van der Waals surface area contributed by atoms with E-state index in [4.69, 9.17) is 12.2 Å². The number of rotatable bonds is 2. The summed E-state index contributed by atoms with van der Waals surface area (Å²) in [6.45, 7) is 6.00. The number of carbonyl (C=O) groups excluding carboxylic acids is 1. The molecule has 0 atom stereocenters. The van der Waals surface area contributed by atoms with Crippen LogP contribution >= 0.6 is 12.2 Å². The fourth-order valence-electron chi connectivity index (χ4n) is 2.65. The molecule has 0 unspecified atom stereocenters. The summed E-state index contributed by atoms with van der Waals surface area (Å²) in [4.78, 5) is 12.7. The number of hydrogen-bond acceptors (Lipinski definition) is 2. The summed E-state index contributed by atoms with van der Waals surface area (Å²) in [7, 11) is 0. The topological polar surface area (TPSA) is 26.9 Å². The van der Waals surface area contributed by atoms with E-state index < -0.39 is 0 Å². The second-order valence-corrected chi connectivity index (χ2v) is 6.08. The summed E-state index contributed by atoms with van der Waals surface area (Å²) in [5.74, 6) is -0.106. The van der Waals surface area contributed by atoms with Crippen molar-refractivity contribution in [2.45, 2.75) is 20.8 Å². The van der Waals surface area contributed by atoms with Crippen LogP contribution in [0.4, 0.5) is 0 Å². The minimum absolute atomic E-state index is 0.106. The minimum atomic E-state index is -0.106. The van der Waals surface area contributed by atoms with Gasteiger partial charge in [0.05, 0.1) is 5.69 Å². The lowest BCUT2D eigenvalue weighted by Gasteiger charge is -2.09. The summed E-state index contributed by atoms with van der Waals surface area (Å²) in [5.41, 5.74) is 4.81. The first-order valence-electron chi connectivity index (χ1n) is 7.47. The van der Waals surface area contributed by atoms with Crippen molar-refractivity contribution in [3.05, 3.63) is 81.9 Å². The van der Waals surface area contributed by atoms with Crippen molar-refractivity contribution in [3.63, 3.8) is 0 Å². The third-order valence-electron chi connectivity index (χ3n) is 3.94. The van der Waals surface area contributed by atoms with E-state index in [2.05, 4.69) is 0 Å². The molecule has 0 spiro atoms. The van der Waals surface area contributed by atoms with Crippen LogP contribution in [-0.2, 0) is 0 Å². The van der Waals surface area contributed by atoms with Gasteiger partial charge in [-0.15, -0.1) is 0 Å². The van der Waals surface area contributed by atoms with Gasteiger partial charge in [0, 0.05) is 17.5 Å². The molecule has 0 amide bonds. The van der Waals surface area contributed by atoms with E-state index in [1.54, 1.807) is 10.8 Å². The maximum atomic E-state index is 12.7. The van der Waals surface area contributed by atoms with Gasteiger partial charge in [-0.25, -0.2) is 0 Å². The molecule has 3 aromatic rings. The highest BCUT2D eigenvalue weighted by molar-refractivity contribution is 7.71. The Balaban J connectivity index is 2.12. The highest BCUT2D eigenvalue weighted by Crippen LogP contribution is 2.19. The molecule has 116 valence electrons. The molecule has 1 heterocycles. The molecule has 0 bridgehead atoms. The van der Waals surface area contributed by atoms with Crippen LogP contribution in [0.25, 0.3) is 5.69 Å². The molecule has 0 saturated carbocycles. The predicted octanol–water partition coefficient (Wildman–Crippen LogP) is 4.62. The van der Waals surface area contributed by atoms with E-state index in [-0.39, 0.29) is 5.91 Å². The van der Waals surface area contributed by atoms with Crippen molar-refractivity contribution < 1.29 is 4.79 Å². The van der Waals surface area contributed by atoms with Crippen LogP contribution in [0.5, 0.6) is 0 Å². The summed E-state index contributed by atoms with van der Waals surface area (Å²) in [5, 5.41) is 0. The first-order chi connectivity index (χ1) is 11.0. The first kappa shape index (κ1) is 15.4. The van der Waals surface area contributed by atoms with Gasteiger partial charge < -0.3 is 0 Å². The summed E-state index contributed by atoms with van der Waals surface area (Å²) < 4.78 is 3.97. The Bertz CT molecular complexity index is 933. The first-order valence-corrected chi connectivity index (χ1v) is 7.88. The maximum absolute atomic E-state index is 12.7. The third kappa shape index (κ3) is 2.78. The molecular weight excluding hydrogens is 304 g/mol. The van der Waals surface area contributed by atoms with E-state index in [1.165, 1.54) is 0 Å². The second-order valence-electron chi connectivity index (χ2n) is 5.72. The van der Waals surface area contributed by atoms with E-state index in [0.717, 1.165) is 22.5 Å². The number of nitrogens with zero attached hydrogens (tertiary/aromatic N) is 2. The average molecular weight is 322 g/mol. The Morgan fingerprint density at radius 2 is 1.61 bits per heavy atom. The highest BCUT2D eigenvalue weighted by atomic mass is 32.1. The lowest BCUT2D eigenvalue weighted by atomic mass is 10.1. The number of hydrogen-bond donors (Lipinski definition) is 0. The monoisotopic (exact) mass is 322 g/mol. The fraction of sp³-hybridized carbons (Fsp3) is 0.158. The molecule has 0 radical (unpaired) electrons. The van der Waals surface area contributed by atoms with Gasteiger partial charge >= 0.3 is 0 Å². The van der Waals surface area contributed by atoms with Crippen LogP contribution in [0.3, 0.4) is 0 Å². The Labute approximate surface area is 140 Å². The van der Waals surface area contributed by atoms with Crippen molar-refractivity contribution in [2.24, 2.45) is 0 Å². The lowest BCUT2D eigenvalue weighted by Crippen LogP contribution is -2.12. The molecule has 3 rings (SSSR count). The van der Waals surface area contributed by atoms with Crippen molar-refractivity contribution >= 4 is 18.1 Å². The summed E-state index contributed by atoms with van der Waals surface area (Å²) in [6, 6.07) is 15.5. The number of aromatic nitrogens is 2. The quantitative estimate of drug-likeness (QED) is 0.644. The zero-order valence-electron chi connectivity index (χ0n) is 13.4. The standard InChI is InChI=1S/C19H18N2OS/c1-13-8-10-16(11-9-13)18(22)20-12-15(3)21(19(20)23)17-7-5-4-6-14(17)2/h4-12H,1-3H3. The van der Waals surface area contributed by atoms with E-state index >= 15 is 0 Å². The van der Waals surface area contributed by atoms with Crippen LogP contribution in [0.1, 0.15) is 27.2 Å². The van der Waals surface area contributed by atoms with Crippen LogP contribution in [0, 0.1) is 25.5 Å². The molecule has 23 heavy (non-hydrogen) atoms. The van der Waals surface area contributed by atoms with Gasteiger partial charge in [0.2, 0.25) is 0 Å². The minimum Gasteiger partial charge on any atom is -0.289 e. The molecule has 4 heteroatoms. The zero-order chi connectivity index (χ0) is 16.6. The van der Waals surface area contributed by atoms with Gasteiger partial charge in [-0.05, 0) is 56.8 Å². The van der Waals surface area contributed by atoms with Crippen LogP contribution in [0.2, 0.25) is 0 Å². The molecule has 2 aromatic carbocycles. The second kappa shape index (κ2) is 5.97. The predicted molar refractivity (Wildman–Crippen MR) is 95.0 cm³/mol. The normalized spacial score (nSPS) is 10.7. The van der Waals surface area contributed by atoms with Crippen molar-refractivity contribution in [1.29, 1.82) is 0 Å². The Kier molecular flexibility index (Phi) is 4.01. The van der Waals surface area contributed by atoms with E-state index in [1.807, 2.05) is 73.9 Å². The molecule has 0 fully saturated rings. The number of carbonyl (C=O) groups is 1. The Hall–Kier alpha value is -2.46. The molecule has 0 aliphatic heterocycles. The van der Waals surface area contributed by atoms with Gasteiger partial charge in [0.1, 0.15) is 0 Å². The lowest BCUT2D eigenvalue weighted by molar-refractivity contribution is 0.0958. The maximum Gasteiger partial charge on any atom is 0.264 e. The number of para-hydroxylation sites is 1. The van der Waals surface area contributed by atoms with Gasteiger partial charge in [-0.1, -0.05) is 35.9 Å². The smallest absolute Gasteiger partial charge is 0.264 e. The molecule has 0 aliphatic carbocycles. The number of benzene rings is 2. The van der Waals surface area contributed by atoms with Crippen molar-refractivity contribution in [1.82, 2.24) is 9.13 Å². The average Bonchev–Trinajstić information content (AvgIpc) is 2.83. The largest absolute Gasteiger partial charge is 0.289 e. The summed E-state index contributed by atoms with van der Waals surface area (Å²) in [6.07, 6.45) is 1.80. The highest BCUT2D eigenvalue weighted by Gasteiger charge is 2.15. The van der Waals surface area contributed by atoms with Gasteiger partial charge in [-0.2, -0.15) is 0 Å².